The first kappa shape index (κ1) is 50.5. The second-order valence-corrected chi connectivity index (χ2v) is 20.0. The molecule has 0 saturated heterocycles. The third-order valence-corrected chi connectivity index (χ3v) is 15.0. The predicted molar refractivity (Wildman–Crippen MR) is 343 cm³/mol. The van der Waals surface area contributed by atoms with Gasteiger partial charge in [-0.05, 0) is 168 Å². The molecule has 0 aliphatic heterocycles. The summed E-state index contributed by atoms with van der Waals surface area (Å²) >= 11 is 0. The molecule has 0 N–H and O–H groups in total. The van der Waals surface area contributed by atoms with Crippen LogP contribution in [-0.4, -0.2) is 5.78 Å². The Morgan fingerprint density at radius 3 is 0.439 bits per heavy atom. The lowest BCUT2D eigenvalue weighted by Crippen LogP contribution is -2.10. The average molecular weight is 1050 g/mol. The maximum atomic E-state index is 16.3. The van der Waals surface area contributed by atoms with E-state index in [2.05, 4.69) is 311 Å². The first-order valence-electron chi connectivity index (χ1n) is 27.7. The molecule has 13 rings (SSSR count). The third-order valence-electron chi connectivity index (χ3n) is 15.0. The van der Waals surface area contributed by atoms with Gasteiger partial charge >= 0.3 is 0 Å². The molecule has 1 aliphatic carbocycles. The molecule has 0 aromatic heterocycles. The summed E-state index contributed by atoms with van der Waals surface area (Å²) in [4.78, 5) is 25.4. The number of Topliss-reactive ketones (excluding diaryl/α,β-unsaturated/α-hetero) is 1. The Kier molecular flexibility index (Phi) is 14.2. The van der Waals surface area contributed by atoms with E-state index in [4.69, 9.17) is 0 Å². The van der Waals surface area contributed by atoms with Gasteiger partial charge in [-0.3, -0.25) is 4.79 Å². The fraction of sp³-hybridized carbons (Fsp3) is 0. The van der Waals surface area contributed by atoms with Crippen molar-refractivity contribution in [3.63, 3.8) is 0 Å². The molecule has 12 aromatic rings. The summed E-state index contributed by atoms with van der Waals surface area (Å²) in [7, 11) is 0. The van der Waals surface area contributed by atoms with E-state index >= 15 is 4.79 Å². The molecule has 0 atom stereocenters. The molecule has 0 unspecified atom stereocenters. The van der Waals surface area contributed by atoms with Gasteiger partial charge in [0.1, 0.15) is 0 Å². The van der Waals surface area contributed by atoms with Gasteiger partial charge in [0, 0.05) is 90.5 Å². The fourth-order valence-corrected chi connectivity index (χ4v) is 11.2. The van der Waals surface area contributed by atoms with E-state index in [0.29, 0.717) is 11.1 Å². The van der Waals surface area contributed by atoms with Crippen molar-refractivity contribution in [2.24, 2.45) is 0 Å². The average Bonchev–Trinajstić information content (AvgIpc) is 4.12. The largest absolute Gasteiger partial charge is 0.311 e. The van der Waals surface area contributed by atoms with Crippen LogP contribution >= 0.6 is 0 Å². The van der Waals surface area contributed by atoms with Crippen LogP contribution in [0.15, 0.2) is 340 Å². The van der Waals surface area contributed by atoms with Gasteiger partial charge in [0.15, 0.2) is 5.78 Å². The Bertz CT molecular complexity index is 3710. The van der Waals surface area contributed by atoms with Crippen LogP contribution in [0.25, 0.3) is 22.3 Å². The van der Waals surface area contributed by atoms with Crippen LogP contribution in [0, 0.1) is 0 Å². The summed E-state index contributed by atoms with van der Waals surface area (Å²) in [6.07, 6.45) is 0. The monoisotopic (exact) mass is 1050 g/mol. The minimum absolute atomic E-state index is 0.0463. The van der Waals surface area contributed by atoms with Crippen molar-refractivity contribution in [2.75, 3.05) is 19.6 Å². The lowest BCUT2D eigenvalue weighted by atomic mass is 9.89. The number of allylic oxidation sites excluding steroid dienone is 4. The smallest absolute Gasteiger partial charge is 0.195 e. The number of carbonyl (C=O) groups is 1. The molecule has 0 saturated carbocycles. The molecule has 0 radical (unpaired) electrons. The number of carbonyl (C=O) groups excluding carboxylic acids is 1. The molecule has 82 heavy (non-hydrogen) atoms. The Balaban J connectivity index is 1.01. The van der Waals surface area contributed by atoms with E-state index < -0.39 is 0 Å². The summed E-state index contributed by atoms with van der Waals surface area (Å²) in [5.74, 6) is -0.0463. The number of nitrogens with zero attached hydrogens (tertiary/aromatic N) is 4. The highest BCUT2D eigenvalue weighted by atomic mass is 16.1. The van der Waals surface area contributed by atoms with Crippen molar-refractivity contribution in [1.29, 1.82) is 0 Å². The first-order valence-corrected chi connectivity index (χ1v) is 27.7. The molecule has 0 heterocycles. The van der Waals surface area contributed by atoms with Gasteiger partial charge < -0.3 is 19.6 Å². The van der Waals surface area contributed by atoms with Gasteiger partial charge in [-0.25, -0.2) is 0 Å². The predicted octanol–water partition coefficient (Wildman–Crippen LogP) is 20.7. The zero-order chi connectivity index (χ0) is 55.0. The number of hydrogen-bond donors (Lipinski definition) is 0. The van der Waals surface area contributed by atoms with Crippen molar-refractivity contribution >= 4 is 96.3 Å². The van der Waals surface area contributed by atoms with Gasteiger partial charge in [-0.2, -0.15) is 0 Å². The normalized spacial score (nSPS) is 12.1. The Morgan fingerprint density at radius 1 is 0.146 bits per heavy atom. The van der Waals surface area contributed by atoms with Crippen molar-refractivity contribution in [3.8, 4) is 0 Å². The number of hydrogen-bond acceptors (Lipinski definition) is 5. The van der Waals surface area contributed by atoms with Crippen molar-refractivity contribution in [3.05, 3.63) is 362 Å². The molecule has 0 spiro atoms. The molecule has 0 fully saturated rings. The standard InChI is InChI=1S/C77H56N4O/c82-77-75(59-45-53-71(54-46-59)80(65-33-17-5-18-34-65)66-35-19-6-20-36-66)73(57-41-49-69(50-42-57)78(61-25-9-1-10-26-61)62-27-11-2-12-28-62)74(58-43-51-70(52-44-58)79(63-29-13-3-14-30-63)64-31-15-4-16-32-64)76(77)60-47-55-72(56-48-60)81(67-37-21-7-22-38-67)68-39-23-8-24-40-68/h1-56H. The summed E-state index contributed by atoms with van der Waals surface area (Å²) in [6, 6.07) is 118. The highest BCUT2D eigenvalue weighted by Gasteiger charge is 2.36. The minimum atomic E-state index is -0.0463. The Morgan fingerprint density at radius 2 is 0.280 bits per heavy atom. The zero-order valence-electron chi connectivity index (χ0n) is 45.0. The summed E-state index contributed by atoms with van der Waals surface area (Å²) in [5.41, 5.74) is 18.7. The van der Waals surface area contributed by atoms with Gasteiger partial charge in [0.05, 0.1) is 0 Å². The first-order chi connectivity index (χ1) is 40.6. The van der Waals surface area contributed by atoms with Gasteiger partial charge in [0.25, 0.3) is 0 Å². The van der Waals surface area contributed by atoms with Crippen LogP contribution in [0.1, 0.15) is 22.3 Å². The lowest BCUT2D eigenvalue weighted by Gasteiger charge is -2.26. The van der Waals surface area contributed by atoms with Gasteiger partial charge in [0.2, 0.25) is 0 Å². The molecule has 0 amide bonds. The Hall–Kier alpha value is -11.0. The topological polar surface area (TPSA) is 30.0 Å². The van der Waals surface area contributed by atoms with Crippen LogP contribution < -0.4 is 19.6 Å². The molecular weight excluding hydrogens is 997 g/mol. The molecule has 5 nitrogen and oxygen atoms in total. The number of para-hydroxylation sites is 8. The van der Waals surface area contributed by atoms with Crippen LogP contribution in [0.5, 0.6) is 0 Å². The van der Waals surface area contributed by atoms with Crippen LogP contribution in [-0.2, 0) is 4.79 Å². The van der Waals surface area contributed by atoms with E-state index in [-0.39, 0.29) is 5.78 Å². The Labute approximate surface area is 480 Å². The van der Waals surface area contributed by atoms with E-state index in [9.17, 15) is 0 Å². The fourth-order valence-electron chi connectivity index (χ4n) is 11.2. The van der Waals surface area contributed by atoms with Crippen LogP contribution in [0.3, 0.4) is 0 Å². The molecule has 0 bridgehead atoms. The van der Waals surface area contributed by atoms with Crippen LogP contribution in [0.4, 0.5) is 68.2 Å². The highest BCUT2D eigenvalue weighted by molar-refractivity contribution is 6.59. The van der Waals surface area contributed by atoms with Crippen molar-refractivity contribution < 1.29 is 4.79 Å². The molecule has 12 aromatic carbocycles. The van der Waals surface area contributed by atoms with E-state index in [0.717, 1.165) is 102 Å². The highest BCUT2D eigenvalue weighted by Crippen LogP contribution is 2.52. The van der Waals surface area contributed by atoms with Crippen molar-refractivity contribution in [2.45, 2.75) is 0 Å². The van der Waals surface area contributed by atoms with Crippen LogP contribution in [0.2, 0.25) is 0 Å². The van der Waals surface area contributed by atoms with Crippen molar-refractivity contribution in [1.82, 2.24) is 0 Å². The van der Waals surface area contributed by atoms with E-state index in [1.54, 1.807) is 0 Å². The SMILES string of the molecule is O=C1C(c2ccc(N(c3ccccc3)c3ccccc3)cc2)=C(c2ccc(N(c3ccccc3)c3ccccc3)cc2)C(c2ccc(N(c3ccccc3)c3ccccc3)cc2)=C1c1ccc(N(c2ccccc2)c2ccccc2)cc1. The van der Waals surface area contributed by atoms with E-state index in [1.807, 2.05) is 48.5 Å². The second kappa shape index (κ2) is 23.1. The number of anilines is 12. The quantitative estimate of drug-likeness (QED) is 0.0962. The lowest BCUT2D eigenvalue weighted by molar-refractivity contribution is -0.108. The summed E-state index contributed by atoms with van der Waals surface area (Å²) in [5, 5.41) is 0. The maximum absolute atomic E-state index is 16.3. The third kappa shape index (κ3) is 10.2. The van der Waals surface area contributed by atoms with Gasteiger partial charge in [-0.1, -0.05) is 194 Å². The minimum Gasteiger partial charge on any atom is -0.311 e. The molecule has 5 heteroatoms. The molecule has 390 valence electrons. The maximum Gasteiger partial charge on any atom is 0.195 e. The molecular formula is C77H56N4O. The van der Waals surface area contributed by atoms with Gasteiger partial charge in [-0.15, -0.1) is 0 Å². The zero-order valence-corrected chi connectivity index (χ0v) is 45.0. The van der Waals surface area contributed by atoms with E-state index in [1.165, 1.54) is 0 Å². The number of benzene rings is 12. The summed E-state index contributed by atoms with van der Waals surface area (Å²) in [6.45, 7) is 0. The molecule has 1 aliphatic rings. The number of rotatable bonds is 16. The second-order valence-electron chi connectivity index (χ2n) is 20.0. The number of ketones is 1. The summed E-state index contributed by atoms with van der Waals surface area (Å²) < 4.78 is 0.